The lowest BCUT2D eigenvalue weighted by Crippen LogP contribution is -2.30. The average molecular weight is 657 g/mol. The molecule has 1 aromatic heterocycles. The van der Waals surface area contributed by atoms with Crippen LogP contribution >= 0.6 is 0 Å². The predicted octanol–water partition coefficient (Wildman–Crippen LogP) is 7.65. The number of fused-ring (bicyclic) bond motifs is 3. The number of carboxylic acids is 3. The van der Waals surface area contributed by atoms with E-state index >= 15 is 0 Å². The molecule has 47 heavy (non-hydrogen) atoms. The molecule has 0 spiro atoms. The molecule has 0 aliphatic carbocycles. The number of hydrogen-bond donors (Lipinski definition) is 3. The van der Waals surface area contributed by atoms with Crippen LogP contribution < -0.4 is 14.9 Å². The zero-order valence-corrected chi connectivity index (χ0v) is 27.6. The van der Waals surface area contributed by atoms with Gasteiger partial charge in [-0.05, 0) is 61.1 Å². The topological polar surface area (TPSA) is 161 Å². The van der Waals surface area contributed by atoms with Gasteiger partial charge in [-0.3, -0.25) is 9.50 Å². The first-order valence-electron chi connectivity index (χ1n) is 15.4. The van der Waals surface area contributed by atoms with E-state index in [2.05, 4.69) is 0 Å². The summed E-state index contributed by atoms with van der Waals surface area (Å²) < 4.78 is 15.6. The van der Waals surface area contributed by atoms with Crippen LogP contribution in [0.2, 0.25) is 0 Å². The molecule has 6 rings (SSSR count). The van der Waals surface area contributed by atoms with Crippen molar-refractivity contribution in [3.63, 3.8) is 0 Å². The fraction of sp³-hybridized carbons (Fsp3) is 0.333. The van der Waals surface area contributed by atoms with Gasteiger partial charge in [-0.2, -0.15) is 0 Å². The third-order valence-corrected chi connectivity index (χ3v) is 6.23. The second-order valence-electron chi connectivity index (χ2n) is 8.96. The number of aromatic carboxylic acids is 1. The fourth-order valence-electron chi connectivity index (χ4n) is 4.21. The van der Waals surface area contributed by atoms with Crippen LogP contribution in [0.5, 0.6) is 11.5 Å². The zero-order valence-electron chi connectivity index (χ0n) is 27.6. The van der Waals surface area contributed by atoms with E-state index in [9.17, 15) is 19.2 Å². The molecule has 0 saturated heterocycles. The molecule has 4 aromatic rings. The lowest BCUT2D eigenvalue weighted by Gasteiger charge is -2.22. The van der Waals surface area contributed by atoms with Crippen molar-refractivity contribution in [2.75, 3.05) is 0 Å². The van der Waals surface area contributed by atoms with E-state index in [0.29, 0.717) is 29.7 Å². The van der Waals surface area contributed by atoms with Gasteiger partial charge in [-0.15, -0.1) is 0 Å². The Kier molecular flexibility index (Phi) is 19.9. The molecule has 2 aliphatic heterocycles. The maximum atomic E-state index is 11.4. The molecule has 1 unspecified atom stereocenters. The summed E-state index contributed by atoms with van der Waals surface area (Å²) in [5, 5.41) is 26.5. The van der Waals surface area contributed by atoms with Gasteiger partial charge in [0.15, 0.2) is 17.6 Å². The Morgan fingerprint density at radius 3 is 1.47 bits per heavy atom. The normalized spacial score (nSPS) is 14.6. The third kappa shape index (κ3) is 12.6. The molecule has 0 fully saturated rings. The largest absolute Gasteiger partial charge is 0.479 e. The number of rotatable bonds is 3. The quantitative estimate of drug-likeness (QED) is 0.200. The fourth-order valence-corrected chi connectivity index (χ4v) is 4.21. The van der Waals surface area contributed by atoms with Crippen molar-refractivity contribution in [3.8, 4) is 11.5 Å². The van der Waals surface area contributed by atoms with Gasteiger partial charge in [0.05, 0.1) is 5.39 Å². The first kappa shape index (κ1) is 41.8. The van der Waals surface area contributed by atoms with Crippen molar-refractivity contribution in [3.05, 3.63) is 106 Å². The summed E-state index contributed by atoms with van der Waals surface area (Å²) in [6.07, 6.45) is 1.35. The highest BCUT2D eigenvalue weighted by atomic mass is 19.0. The van der Waals surface area contributed by atoms with E-state index in [4.69, 9.17) is 29.2 Å². The van der Waals surface area contributed by atoms with Gasteiger partial charge in [0.2, 0.25) is 5.76 Å². The van der Waals surface area contributed by atoms with E-state index in [-0.39, 0.29) is 21.5 Å². The van der Waals surface area contributed by atoms with Crippen molar-refractivity contribution in [1.29, 1.82) is 0 Å². The molecule has 256 valence electrons. The molecule has 3 heterocycles. The lowest BCUT2D eigenvalue weighted by molar-refractivity contribution is -0.146. The number of carboxylic acid groups (broad SMARTS) is 3. The average Bonchev–Trinajstić information content (AvgIpc) is 3.11. The maximum Gasteiger partial charge on any atom is 0.371 e. The molecule has 10 nitrogen and oxygen atoms in total. The monoisotopic (exact) mass is 656 g/mol. The number of benzene rings is 3. The summed E-state index contributed by atoms with van der Waals surface area (Å²) >= 11 is 0. The highest BCUT2D eigenvalue weighted by Gasteiger charge is 2.25. The molecule has 0 radical (unpaired) electrons. The van der Waals surface area contributed by atoms with Crippen molar-refractivity contribution in [2.24, 2.45) is 0 Å². The van der Waals surface area contributed by atoms with Crippen LogP contribution in [-0.4, -0.2) is 45.4 Å². The van der Waals surface area contributed by atoms with Gasteiger partial charge in [-0.1, -0.05) is 90.1 Å². The summed E-state index contributed by atoms with van der Waals surface area (Å²) in [4.78, 5) is 43.2. The Hall–Kier alpha value is -5.19. The van der Waals surface area contributed by atoms with Crippen LogP contribution in [0.25, 0.3) is 11.0 Å². The van der Waals surface area contributed by atoms with Gasteiger partial charge in [0, 0.05) is 6.07 Å². The number of halogens is 1. The summed E-state index contributed by atoms with van der Waals surface area (Å²) in [6.45, 7) is 12.0. The van der Waals surface area contributed by atoms with Crippen LogP contribution in [0.15, 0.2) is 88.1 Å². The van der Waals surface area contributed by atoms with Gasteiger partial charge in [0.1, 0.15) is 17.1 Å². The molecular weight excluding hydrogens is 611 g/mol. The van der Waals surface area contributed by atoms with E-state index in [0.717, 1.165) is 30.0 Å². The van der Waals surface area contributed by atoms with E-state index < -0.39 is 30.1 Å². The second-order valence-corrected chi connectivity index (χ2v) is 8.96. The molecule has 3 N–H and O–H groups in total. The summed E-state index contributed by atoms with van der Waals surface area (Å²) in [5.41, 5.74) is 2.14. The van der Waals surface area contributed by atoms with Crippen LogP contribution in [0.4, 0.5) is 4.70 Å². The molecule has 2 atom stereocenters. The lowest BCUT2D eigenvalue weighted by atomic mass is 10.0. The number of aliphatic carboxylic acids is 2. The van der Waals surface area contributed by atoms with E-state index in [1.165, 1.54) is 0 Å². The highest BCUT2D eigenvalue weighted by Crippen LogP contribution is 2.27. The van der Waals surface area contributed by atoms with Crippen LogP contribution in [0.1, 0.15) is 76.1 Å². The summed E-state index contributed by atoms with van der Waals surface area (Å²) in [6, 6.07) is 22.6. The summed E-state index contributed by atoms with van der Waals surface area (Å²) in [5.74, 6) is -1.92. The minimum atomic E-state index is -1.24. The SMILES string of the molecule is CC.CC.CC.F.O=C(O)C1CCc2ccccc2O1.O=C(O)[C@H]1CCc2ccccc2O1.O=C(O)c1cc(=O)c2ccccc2o1. The molecular formula is C36H45FO10. The molecule has 0 bridgehead atoms. The van der Waals surface area contributed by atoms with Crippen molar-refractivity contribution in [2.45, 2.75) is 79.4 Å². The van der Waals surface area contributed by atoms with Gasteiger partial charge >= 0.3 is 17.9 Å². The first-order valence-corrected chi connectivity index (χ1v) is 15.4. The number of para-hydroxylation sites is 3. The first-order chi connectivity index (χ1) is 22.2. The van der Waals surface area contributed by atoms with Crippen LogP contribution in [-0.2, 0) is 22.4 Å². The molecule has 2 aliphatic rings. The molecule has 3 aromatic carbocycles. The van der Waals surface area contributed by atoms with E-state index in [1.54, 1.807) is 24.3 Å². The third-order valence-electron chi connectivity index (χ3n) is 6.23. The Balaban J connectivity index is 0.000000619. The number of ether oxygens (including phenoxy) is 2. The Bertz CT molecular complexity index is 1530. The predicted molar refractivity (Wildman–Crippen MR) is 180 cm³/mol. The highest BCUT2D eigenvalue weighted by molar-refractivity contribution is 5.87. The van der Waals surface area contributed by atoms with Gasteiger partial charge in [-0.25, -0.2) is 14.4 Å². The second kappa shape index (κ2) is 22.3. The summed E-state index contributed by atoms with van der Waals surface area (Å²) in [7, 11) is 0. The Morgan fingerprint density at radius 1 is 0.638 bits per heavy atom. The van der Waals surface area contributed by atoms with Crippen molar-refractivity contribution >= 4 is 28.9 Å². The zero-order chi connectivity index (χ0) is 34.6. The van der Waals surface area contributed by atoms with Crippen LogP contribution in [0.3, 0.4) is 0 Å². The molecule has 11 heteroatoms. The Morgan fingerprint density at radius 2 is 1.04 bits per heavy atom. The van der Waals surface area contributed by atoms with Crippen molar-refractivity contribution < 1.29 is 48.3 Å². The molecule has 0 saturated carbocycles. The number of hydrogen-bond acceptors (Lipinski definition) is 7. The Labute approximate surface area is 274 Å². The van der Waals surface area contributed by atoms with E-state index in [1.807, 2.05) is 90.1 Å². The van der Waals surface area contributed by atoms with Crippen molar-refractivity contribution in [1.82, 2.24) is 0 Å². The minimum Gasteiger partial charge on any atom is -0.479 e. The minimum absolute atomic E-state index is 0. The maximum absolute atomic E-state index is 11.4. The van der Waals surface area contributed by atoms with Gasteiger partial charge in [0.25, 0.3) is 0 Å². The number of aryl methyl sites for hydroxylation is 2. The smallest absolute Gasteiger partial charge is 0.371 e. The van der Waals surface area contributed by atoms with Crippen LogP contribution in [0, 0.1) is 0 Å². The molecule has 0 amide bonds. The van der Waals surface area contributed by atoms with Gasteiger partial charge < -0.3 is 29.2 Å². The standard InChI is InChI=1S/C10H6O4.2C10H10O3.3C2H6.FH/c11-7-5-9(10(12)13)14-8-4-2-1-3-6(7)8;2*11-10(12)9-6-5-7-3-1-2-4-8(7)13-9;3*1-2;/h1-5H,(H,12,13);2*1-4,9H,5-6H2,(H,11,12);3*1-2H3;1H/t;9-;;;;;/m.1...../s1. The number of carbonyl (C=O) groups is 3.